The van der Waals surface area contributed by atoms with Gasteiger partial charge in [0, 0.05) is 17.1 Å². The molecule has 1 heterocycles. The molecule has 2 aromatic rings. The maximum Gasteiger partial charge on any atom is 0.267 e. The number of sulfonamides is 1. The summed E-state index contributed by atoms with van der Waals surface area (Å²) in [6.07, 6.45) is 0.142. The van der Waals surface area contributed by atoms with Gasteiger partial charge in [0.05, 0.1) is 4.90 Å². The molecular formula is C20H21ClN2O4S. The lowest BCUT2D eigenvalue weighted by Gasteiger charge is -2.25. The van der Waals surface area contributed by atoms with Gasteiger partial charge in [-0.05, 0) is 62.6 Å². The zero-order valence-electron chi connectivity index (χ0n) is 15.8. The Morgan fingerprint density at radius 3 is 2.25 bits per heavy atom. The molecule has 1 fully saturated rings. The molecule has 28 heavy (non-hydrogen) atoms. The third-order valence-electron chi connectivity index (χ3n) is 4.70. The van der Waals surface area contributed by atoms with Crippen molar-refractivity contribution in [2.24, 2.45) is 0 Å². The fourth-order valence-electron chi connectivity index (χ4n) is 3.63. The van der Waals surface area contributed by atoms with Gasteiger partial charge in [0.1, 0.15) is 6.04 Å². The zero-order valence-corrected chi connectivity index (χ0v) is 17.4. The van der Waals surface area contributed by atoms with Crippen molar-refractivity contribution in [2.75, 3.05) is 5.32 Å². The molecule has 0 spiro atoms. The molecule has 1 N–H and O–H groups in total. The predicted molar refractivity (Wildman–Crippen MR) is 108 cm³/mol. The average molecular weight is 421 g/mol. The van der Waals surface area contributed by atoms with Crippen molar-refractivity contribution in [1.29, 1.82) is 0 Å². The second-order valence-electron chi connectivity index (χ2n) is 6.97. The summed E-state index contributed by atoms with van der Waals surface area (Å²) in [5, 5.41) is 3.18. The number of aryl methyl sites for hydroxylation is 3. The van der Waals surface area contributed by atoms with Crippen LogP contribution in [0.15, 0.2) is 41.3 Å². The highest BCUT2D eigenvalue weighted by atomic mass is 35.5. The molecule has 0 aromatic heterocycles. The molecule has 1 aliphatic heterocycles. The van der Waals surface area contributed by atoms with Crippen LogP contribution in [0.3, 0.4) is 0 Å². The van der Waals surface area contributed by atoms with Gasteiger partial charge in [0.25, 0.3) is 10.0 Å². The number of nitrogens with zero attached hydrogens (tertiary/aromatic N) is 1. The second-order valence-corrected chi connectivity index (χ2v) is 9.16. The lowest BCUT2D eigenvalue weighted by atomic mass is 10.1. The lowest BCUT2D eigenvalue weighted by Crippen LogP contribution is -2.45. The summed E-state index contributed by atoms with van der Waals surface area (Å²) < 4.78 is 27.4. The van der Waals surface area contributed by atoms with E-state index in [-0.39, 0.29) is 17.7 Å². The van der Waals surface area contributed by atoms with Crippen LogP contribution < -0.4 is 5.32 Å². The largest absolute Gasteiger partial charge is 0.324 e. The Labute approximate surface area is 169 Å². The van der Waals surface area contributed by atoms with Crippen LogP contribution in [-0.2, 0) is 19.6 Å². The third kappa shape index (κ3) is 3.77. The maximum absolute atomic E-state index is 13.3. The Morgan fingerprint density at radius 2 is 1.68 bits per heavy atom. The smallest absolute Gasteiger partial charge is 0.267 e. The zero-order chi connectivity index (χ0) is 20.6. The molecule has 0 aliphatic carbocycles. The van der Waals surface area contributed by atoms with E-state index in [4.69, 9.17) is 11.6 Å². The van der Waals surface area contributed by atoms with Gasteiger partial charge < -0.3 is 5.32 Å². The molecule has 0 radical (unpaired) electrons. The minimum absolute atomic E-state index is 0.00188. The number of amides is 2. The topological polar surface area (TPSA) is 83.6 Å². The van der Waals surface area contributed by atoms with Crippen LogP contribution in [0.5, 0.6) is 0 Å². The van der Waals surface area contributed by atoms with Crippen molar-refractivity contribution in [1.82, 2.24) is 4.31 Å². The molecule has 2 amide bonds. The van der Waals surface area contributed by atoms with E-state index in [1.807, 2.05) is 6.92 Å². The van der Waals surface area contributed by atoms with E-state index in [0.717, 1.165) is 9.87 Å². The Balaban J connectivity index is 1.96. The fraction of sp³-hybridized carbons (Fsp3) is 0.300. The van der Waals surface area contributed by atoms with Crippen LogP contribution in [-0.4, -0.2) is 30.6 Å². The van der Waals surface area contributed by atoms with Crippen molar-refractivity contribution in [3.8, 4) is 0 Å². The minimum Gasteiger partial charge on any atom is -0.324 e. The van der Waals surface area contributed by atoms with Crippen molar-refractivity contribution in [3.05, 3.63) is 58.1 Å². The normalized spacial score (nSPS) is 17.1. The van der Waals surface area contributed by atoms with E-state index in [1.54, 1.807) is 50.2 Å². The summed E-state index contributed by atoms with van der Waals surface area (Å²) in [6.45, 7) is 5.26. The number of hydrogen-bond donors (Lipinski definition) is 1. The fourth-order valence-corrected chi connectivity index (χ4v) is 5.78. The molecule has 0 saturated carbocycles. The quantitative estimate of drug-likeness (QED) is 0.819. The Morgan fingerprint density at radius 1 is 1.11 bits per heavy atom. The SMILES string of the molecule is Cc1cc(C)c(S(=O)(=O)N2C(=O)CC[C@H]2C(=O)Nc2ccc(Cl)cc2)c(C)c1. The number of anilines is 1. The summed E-state index contributed by atoms with van der Waals surface area (Å²) in [5.41, 5.74) is 2.51. The molecule has 6 nitrogen and oxygen atoms in total. The molecule has 3 rings (SSSR count). The number of carbonyl (C=O) groups is 2. The van der Waals surface area contributed by atoms with Gasteiger partial charge in [0.15, 0.2) is 0 Å². The molecule has 8 heteroatoms. The molecule has 2 aromatic carbocycles. The molecule has 148 valence electrons. The summed E-state index contributed by atoms with van der Waals surface area (Å²) in [7, 11) is -4.16. The Kier molecular flexibility index (Phi) is 5.50. The highest BCUT2D eigenvalue weighted by Gasteiger charge is 2.45. The number of carbonyl (C=O) groups excluding carboxylic acids is 2. The van der Waals surface area contributed by atoms with E-state index < -0.39 is 27.9 Å². The molecule has 0 bridgehead atoms. The second kappa shape index (κ2) is 7.56. The van der Waals surface area contributed by atoms with E-state index in [0.29, 0.717) is 21.8 Å². The Hall–Kier alpha value is -2.38. The van der Waals surface area contributed by atoms with Crippen LogP contribution in [0.1, 0.15) is 29.5 Å². The maximum atomic E-state index is 13.3. The molecule has 0 unspecified atom stereocenters. The summed E-state index contributed by atoms with van der Waals surface area (Å²) in [6, 6.07) is 8.88. The third-order valence-corrected chi connectivity index (χ3v) is 7.08. The number of halogens is 1. The standard InChI is InChI=1S/C20H21ClN2O4S/c1-12-10-13(2)19(14(3)11-12)28(26,27)23-17(8-9-18(23)24)20(25)22-16-6-4-15(21)5-7-16/h4-7,10-11,17H,8-9H2,1-3H3,(H,22,25)/t17-/m0/s1. The summed E-state index contributed by atoms with van der Waals surface area (Å²) >= 11 is 5.84. The highest BCUT2D eigenvalue weighted by molar-refractivity contribution is 7.89. The van der Waals surface area contributed by atoms with Gasteiger partial charge in [0.2, 0.25) is 11.8 Å². The van der Waals surface area contributed by atoms with Crippen molar-refractivity contribution in [3.63, 3.8) is 0 Å². The lowest BCUT2D eigenvalue weighted by molar-refractivity contribution is -0.128. The van der Waals surface area contributed by atoms with Gasteiger partial charge >= 0.3 is 0 Å². The first-order chi connectivity index (χ1) is 13.1. The van der Waals surface area contributed by atoms with Crippen LogP contribution in [0, 0.1) is 20.8 Å². The van der Waals surface area contributed by atoms with E-state index >= 15 is 0 Å². The number of nitrogens with one attached hydrogen (secondary N) is 1. The first-order valence-electron chi connectivity index (χ1n) is 8.83. The monoisotopic (exact) mass is 420 g/mol. The van der Waals surface area contributed by atoms with E-state index in [1.165, 1.54) is 0 Å². The van der Waals surface area contributed by atoms with Crippen LogP contribution in [0.25, 0.3) is 0 Å². The van der Waals surface area contributed by atoms with Crippen molar-refractivity contribution >= 4 is 39.1 Å². The molecule has 1 aliphatic rings. The summed E-state index contributed by atoms with van der Waals surface area (Å²) in [4.78, 5) is 25.3. The Bertz CT molecular complexity index is 1030. The molecule has 1 atom stereocenters. The van der Waals surface area contributed by atoms with Gasteiger partial charge in [-0.2, -0.15) is 0 Å². The van der Waals surface area contributed by atoms with E-state index in [9.17, 15) is 18.0 Å². The molecule has 1 saturated heterocycles. The van der Waals surface area contributed by atoms with Crippen molar-refractivity contribution in [2.45, 2.75) is 44.6 Å². The highest BCUT2D eigenvalue weighted by Crippen LogP contribution is 2.32. The van der Waals surface area contributed by atoms with Gasteiger partial charge in [-0.1, -0.05) is 29.3 Å². The van der Waals surface area contributed by atoms with Crippen LogP contribution in [0.4, 0.5) is 5.69 Å². The van der Waals surface area contributed by atoms with Gasteiger partial charge in [-0.25, -0.2) is 12.7 Å². The number of hydrogen-bond acceptors (Lipinski definition) is 4. The van der Waals surface area contributed by atoms with Gasteiger partial charge in [-0.15, -0.1) is 0 Å². The van der Waals surface area contributed by atoms with Crippen LogP contribution in [0.2, 0.25) is 5.02 Å². The minimum atomic E-state index is -4.16. The molecular weight excluding hydrogens is 400 g/mol. The van der Waals surface area contributed by atoms with Gasteiger partial charge in [-0.3, -0.25) is 9.59 Å². The van der Waals surface area contributed by atoms with E-state index in [2.05, 4.69) is 5.32 Å². The first-order valence-corrected chi connectivity index (χ1v) is 10.6. The summed E-state index contributed by atoms with van der Waals surface area (Å²) in [5.74, 6) is -1.12. The number of benzene rings is 2. The van der Waals surface area contributed by atoms with Crippen LogP contribution >= 0.6 is 11.6 Å². The average Bonchev–Trinajstić information content (AvgIpc) is 2.98. The first kappa shape index (κ1) is 20.4. The predicted octanol–water partition coefficient (Wildman–Crippen LogP) is 3.58. The number of rotatable bonds is 4. The van der Waals surface area contributed by atoms with Crippen molar-refractivity contribution < 1.29 is 18.0 Å².